The molecule has 0 atom stereocenters. The summed E-state index contributed by atoms with van der Waals surface area (Å²) in [5.41, 5.74) is 3.35. The maximum Gasteiger partial charge on any atom is 0.325 e. The van der Waals surface area contributed by atoms with Crippen molar-refractivity contribution in [3.8, 4) is 11.3 Å². The second kappa shape index (κ2) is 8.83. The van der Waals surface area contributed by atoms with Crippen LogP contribution < -0.4 is 10.6 Å². The van der Waals surface area contributed by atoms with E-state index in [2.05, 4.69) is 20.5 Å². The number of nitrogens with one attached hydrogen (secondary N) is 2. The lowest BCUT2D eigenvalue weighted by atomic mass is 10.1. The van der Waals surface area contributed by atoms with Crippen molar-refractivity contribution < 1.29 is 23.6 Å². The van der Waals surface area contributed by atoms with E-state index >= 15 is 0 Å². The van der Waals surface area contributed by atoms with Crippen LogP contribution in [0.25, 0.3) is 11.3 Å². The second-order valence-corrected chi connectivity index (χ2v) is 6.23. The molecule has 3 aromatic rings. The Bertz CT molecular complexity index is 1020. The Morgan fingerprint density at radius 3 is 2.34 bits per heavy atom. The Morgan fingerprint density at radius 2 is 1.69 bits per heavy atom. The number of esters is 1. The average Bonchev–Trinajstić information content (AvgIpc) is 3.23. The molecule has 0 saturated carbocycles. The van der Waals surface area contributed by atoms with Crippen LogP contribution in [0, 0.1) is 6.92 Å². The summed E-state index contributed by atoms with van der Waals surface area (Å²) in [4.78, 5) is 35.4. The number of hydrogen-bond acceptors (Lipinski definition) is 6. The first-order chi connectivity index (χ1) is 14.0. The van der Waals surface area contributed by atoms with E-state index < -0.39 is 17.8 Å². The number of aromatic nitrogens is 1. The minimum Gasteiger partial charge on any atom is -0.468 e. The minimum atomic E-state index is -0.542. The zero-order valence-corrected chi connectivity index (χ0v) is 15.9. The van der Waals surface area contributed by atoms with Crippen LogP contribution in [0.5, 0.6) is 0 Å². The van der Waals surface area contributed by atoms with Gasteiger partial charge in [-0.25, -0.2) is 0 Å². The first-order valence-electron chi connectivity index (χ1n) is 8.76. The Balaban J connectivity index is 1.61. The second-order valence-electron chi connectivity index (χ2n) is 6.23. The van der Waals surface area contributed by atoms with Gasteiger partial charge in [-0.15, -0.1) is 0 Å². The number of amides is 2. The molecule has 0 radical (unpaired) electrons. The normalized spacial score (nSPS) is 10.3. The van der Waals surface area contributed by atoms with Gasteiger partial charge in [0.25, 0.3) is 11.8 Å². The van der Waals surface area contributed by atoms with Gasteiger partial charge in [-0.3, -0.25) is 14.4 Å². The van der Waals surface area contributed by atoms with Gasteiger partial charge >= 0.3 is 5.97 Å². The maximum absolute atomic E-state index is 12.4. The fourth-order valence-corrected chi connectivity index (χ4v) is 2.47. The number of rotatable bonds is 6. The van der Waals surface area contributed by atoms with E-state index in [1.165, 1.54) is 19.2 Å². The fraction of sp³-hybridized carbons (Fsp3) is 0.143. The van der Waals surface area contributed by atoms with Crippen LogP contribution in [0.2, 0.25) is 0 Å². The molecule has 0 aliphatic heterocycles. The van der Waals surface area contributed by atoms with E-state index in [4.69, 9.17) is 4.52 Å². The Kier molecular flexibility index (Phi) is 6.03. The van der Waals surface area contributed by atoms with Gasteiger partial charge in [-0.1, -0.05) is 35.0 Å². The molecule has 2 aromatic carbocycles. The highest BCUT2D eigenvalue weighted by molar-refractivity contribution is 6.03. The average molecular weight is 393 g/mol. The lowest BCUT2D eigenvalue weighted by molar-refractivity contribution is -0.139. The molecule has 1 aromatic heterocycles. The van der Waals surface area contributed by atoms with Crippen molar-refractivity contribution in [3.05, 3.63) is 71.5 Å². The number of benzene rings is 2. The monoisotopic (exact) mass is 393 g/mol. The molecule has 8 heteroatoms. The van der Waals surface area contributed by atoms with Crippen LogP contribution in [0.15, 0.2) is 59.1 Å². The molecule has 0 aliphatic rings. The molecule has 0 unspecified atom stereocenters. The molecule has 0 bridgehead atoms. The van der Waals surface area contributed by atoms with Crippen LogP contribution in [0.4, 0.5) is 5.69 Å². The summed E-state index contributed by atoms with van der Waals surface area (Å²) in [6.45, 7) is 1.77. The Labute approximate surface area is 166 Å². The van der Waals surface area contributed by atoms with Crippen molar-refractivity contribution in [2.24, 2.45) is 0 Å². The van der Waals surface area contributed by atoms with Crippen molar-refractivity contribution in [1.82, 2.24) is 10.5 Å². The molecular weight excluding hydrogens is 374 g/mol. The molecular formula is C21H19N3O5. The van der Waals surface area contributed by atoms with Gasteiger partial charge in [-0.05, 0) is 31.2 Å². The number of carbonyl (C=O) groups excluding carboxylic acids is 3. The molecule has 1 heterocycles. The number of ether oxygens (including phenoxy) is 1. The summed E-state index contributed by atoms with van der Waals surface area (Å²) in [7, 11) is 1.24. The van der Waals surface area contributed by atoms with Gasteiger partial charge < -0.3 is 19.9 Å². The van der Waals surface area contributed by atoms with Gasteiger partial charge in [-0.2, -0.15) is 0 Å². The quantitative estimate of drug-likeness (QED) is 0.623. The fourth-order valence-electron chi connectivity index (χ4n) is 2.47. The smallest absolute Gasteiger partial charge is 0.325 e. The molecule has 148 valence electrons. The van der Waals surface area contributed by atoms with Crippen molar-refractivity contribution in [2.45, 2.75) is 6.92 Å². The largest absolute Gasteiger partial charge is 0.468 e. The van der Waals surface area contributed by atoms with E-state index in [-0.39, 0.29) is 12.3 Å². The summed E-state index contributed by atoms with van der Waals surface area (Å²) >= 11 is 0. The van der Waals surface area contributed by atoms with Crippen LogP contribution in [-0.2, 0) is 9.53 Å². The summed E-state index contributed by atoms with van der Waals surface area (Å²) < 4.78 is 9.60. The molecule has 29 heavy (non-hydrogen) atoms. The zero-order chi connectivity index (χ0) is 20.8. The standard InChI is InChI=1S/C21H19N3O5/c1-13-3-5-14(6-4-13)17-11-18(29-24-17)21(27)23-16-9-7-15(8-10-16)20(26)22-12-19(25)28-2/h3-11H,12H2,1-2H3,(H,22,26)(H,23,27). The van der Waals surface area contributed by atoms with E-state index in [1.807, 2.05) is 31.2 Å². The number of nitrogens with zero attached hydrogens (tertiary/aromatic N) is 1. The number of aryl methyl sites for hydroxylation is 1. The molecule has 2 N–H and O–H groups in total. The third-order valence-corrected chi connectivity index (χ3v) is 4.11. The SMILES string of the molecule is COC(=O)CNC(=O)c1ccc(NC(=O)c2cc(-c3ccc(C)cc3)no2)cc1. The van der Waals surface area contributed by atoms with Crippen molar-refractivity contribution in [1.29, 1.82) is 0 Å². The van der Waals surface area contributed by atoms with Crippen molar-refractivity contribution >= 4 is 23.5 Å². The van der Waals surface area contributed by atoms with Gasteiger partial charge in [0.1, 0.15) is 12.2 Å². The van der Waals surface area contributed by atoms with Crippen LogP contribution >= 0.6 is 0 Å². The predicted octanol–water partition coefficient (Wildman–Crippen LogP) is 2.81. The van der Waals surface area contributed by atoms with E-state index in [9.17, 15) is 14.4 Å². The molecule has 2 amide bonds. The molecule has 0 spiro atoms. The number of hydrogen-bond donors (Lipinski definition) is 2. The Morgan fingerprint density at radius 1 is 1.00 bits per heavy atom. The third kappa shape index (κ3) is 5.07. The van der Waals surface area contributed by atoms with Gasteiger partial charge in [0.2, 0.25) is 5.76 Å². The number of anilines is 1. The number of carbonyl (C=O) groups is 3. The molecule has 0 aliphatic carbocycles. The third-order valence-electron chi connectivity index (χ3n) is 4.11. The molecule has 8 nitrogen and oxygen atoms in total. The topological polar surface area (TPSA) is 111 Å². The summed E-state index contributed by atoms with van der Waals surface area (Å²) in [6, 6.07) is 15.5. The van der Waals surface area contributed by atoms with Gasteiger partial charge in [0.15, 0.2) is 0 Å². The molecule has 3 rings (SSSR count). The summed E-state index contributed by atoms with van der Waals surface area (Å²) in [5, 5.41) is 9.04. The van der Waals surface area contributed by atoms with Crippen LogP contribution in [0.1, 0.15) is 26.5 Å². The van der Waals surface area contributed by atoms with E-state index in [0.29, 0.717) is 16.9 Å². The Hall–Kier alpha value is -3.94. The zero-order valence-electron chi connectivity index (χ0n) is 15.9. The number of methoxy groups -OCH3 is 1. The van der Waals surface area contributed by atoms with Gasteiger partial charge in [0.05, 0.1) is 7.11 Å². The maximum atomic E-state index is 12.4. The lowest BCUT2D eigenvalue weighted by Gasteiger charge is -2.06. The van der Waals surface area contributed by atoms with E-state index in [0.717, 1.165) is 11.1 Å². The first kappa shape index (κ1) is 19.8. The van der Waals surface area contributed by atoms with Crippen LogP contribution in [0.3, 0.4) is 0 Å². The van der Waals surface area contributed by atoms with Gasteiger partial charge in [0, 0.05) is 22.9 Å². The predicted molar refractivity (Wildman–Crippen MR) is 105 cm³/mol. The molecule has 0 saturated heterocycles. The highest BCUT2D eigenvalue weighted by atomic mass is 16.5. The van der Waals surface area contributed by atoms with E-state index in [1.54, 1.807) is 18.2 Å². The highest BCUT2D eigenvalue weighted by Crippen LogP contribution is 2.20. The van der Waals surface area contributed by atoms with Crippen molar-refractivity contribution in [3.63, 3.8) is 0 Å². The molecule has 0 fully saturated rings. The summed E-state index contributed by atoms with van der Waals surface area (Å²) in [6.07, 6.45) is 0. The highest BCUT2D eigenvalue weighted by Gasteiger charge is 2.15. The summed E-state index contributed by atoms with van der Waals surface area (Å²) in [5.74, 6) is -1.36. The first-order valence-corrected chi connectivity index (χ1v) is 8.76. The minimum absolute atomic E-state index is 0.0699. The van der Waals surface area contributed by atoms with Crippen molar-refractivity contribution in [2.75, 3.05) is 19.0 Å². The van der Waals surface area contributed by atoms with Crippen LogP contribution in [-0.4, -0.2) is 36.6 Å². The lowest BCUT2D eigenvalue weighted by Crippen LogP contribution is -2.30.